The molecule has 2 atom stereocenters. The summed E-state index contributed by atoms with van der Waals surface area (Å²) in [6, 6.07) is 10.1. The van der Waals surface area contributed by atoms with Crippen LogP contribution >= 0.6 is 11.6 Å². The van der Waals surface area contributed by atoms with Crippen molar-refractivity contribution in [1.29, 1.82) is 0 Å². The van der Waals surface area contributed by atoms with Gasteiger partial charge in [-0.1, -0.05) is 18.6 Å². The van der Waals surface area contributed by atoms with Crippen molar-refractivity contribution in [3.05, 3.63) is 60.1 Å². The number of furan rings is 1. The molecule has 4 rings (SSSR count). The Kier molecular flexibility index (Phi) is 5.61. The molecule has 1 aliphatic rings. The number of hydrogen-bond acceptors (Lipinski definition) is 5. The average molecular weight is 433 g/mol. The summed E-state index contributed by atoms with van der Waals surface area (Å²) >= 11 is 6.16. The molecule has 6 nitrogen and oxygen atoms in total. The molecule has 0 radical (unpaired) electrons. The Hall–Kier alpha value is -2.38. The normalized spacial score (nSPS) is 19.9. The number of sulfone groups is 1. The van der Waals surface area contributed by atoms with Gasteiger partial charge >= 0.3 is 0 Å². The van der Waals surface area contributed by atoms with Crippen LogP contribution in [-0.4, -0.2) is 29.9 Å². The number of carbonyl (C=O) groups excluding carboxylic acids is 1. The lowest BCUT2D eigenvalue weighted by Gasteiger charge is -2.25. The number of nitrogens with one attached hydrogen (secondary N) is 1. The molecule has 3 aromatic rings. The third kappa shape index (κ3) is 4.31. The highest BCUT2D eigenvalue weighted by atomic mass is 35.5. The summed E-state index contributed by atoms with van der Waals surface area (Å²) in [6.07, 6.45) is 6.04. The maximum atomic E-state index is 12.8. The van der Waals surface area contributed by atoms with E-state index in [1.54, 1.807) is 48.8 Å². The molecule has 8 heteroatoms. The van der Waals surface area contributed by atoms with E-state index in [4.69, 9.17) is 16.0 Å². The average Bonchev–Trinajstić information content (AvgIpc) is 3.17. The molecule has 1 amide bonds. The largest absolute Gasteiger partial charge is 0.449 e. The third-order valence-corrected chi connectivity index (χ3v) is 7.88. The molecule has 0 spiro atoms. The van der Waals surface area contributed by atoms with Crippen LogP contribution < -0.4 is 5.32 Å². The lowest BCUT2D eigenvalue weighted by Crippen LogP contribution is -2.28. The van der Waals surface area contributed by atoms with Crippen LogP contribution in [0.3, 0.4) is 0 Å². The Morgan fingerprint density at radius 2 is 2.00 bits per heavy atom. The fourth-order valence-electron chi connectivity index (χ4n) is 3.62. The Morgan fingerprint density at radius 3 is 2.72 bits per heavy atom. The number of hydrogen-bond donors (Lipinski definition) is 1. The molecule has 1 saturated carbocycles. The van der Waals surface area contributed by atoms with Crippen molar-refractivity contribution in [1.82, 2.24) is 10.3 Å². The van der Waals surface area contributed by atoms with Crippen LogP contribution in [0.5, 0.6) is 0 Å². The summed E-state index contributed by atoms with van der Waals surface area (Å²) in [7, 11) is -3.39. The Labute approximate surface area is 174 Å². The van der Waals surface area contributed by atoms with Crippen molar-refractivity contribution >= 4 is 38.3 Å². The predicted molar refractivity (Wildman–Crippen MR) is 111 cm³/mol. The molecule has 152 valence electrons. The van der Waals surface area contributed by atoms with E-state index in [0.717, 1.165) is 23.8 Å². The van der Waals surface area contributed by atoms with Crippen LogP contribution in [0.25, 0.3) is 11.0 Å². The van der Waals surface area contributed by atoms with Crippen LogP contribution in [0.1, 0.15) is 41.8 Å². The number of amides is 1. The molecule has 1 N–H and O–H groups in total. The Morgan fingerprint density at radius 1 is 1.21 bits per heavy atom. The summed E-state index contributed by atoms with van der Waals surface area (Å²) in [6.45, 7) is 0.266. The zero-order chi connectivity index (χ0) is 20.4. The molecule has 0 aliphatic heterocycles. The van der Waals surface area contributed by atoms with Crippen molar-refractivity contribution in [2.24, 2.45) is 0 Å². The molecule has 1 fully saturated rings. The van der Waals surface area contributed by atoms with Gasteiger partial charge in [0.05, 0.1) is 16.3 Å². The number of fused-ring (bicyclic) bond motifs is 1. The summed E-state index contributed by atoms with van der Waals surface area (Å²) in [4.78, 5) is 16.6. The van der Waals surface area contributed by atoms with E-state index in [9.17, 15) is 13.2 Å². The molecule has 2 heterocycles. The minimum Gasteiger partial charge on any atom is -0.449 e. The summed E-state index contributed by atoms with van der Waals surface area (Å²) in [5.74, 6) is -0.131. The van der Waals surface area contributed by atoms with Crippen LogP contribution in [0.4, 0.5) is 0 Å². The van der Waals surface area contributed by atoms with Gasteiger partial charge in [0, 0.05) is 23.5 Å². The fraction of sp³-hybridized carbons (Fsp3) is 0.333. The van der Waals surface area contributed by atoms with Gasteiger partial charge < -0.3 is 9.73 Å². The molecule has 1 aromatic carbocycles. The van der Waals surface area contributed by atoms with E-state index in [1.807, 2.05) is 0 Å². The second-order valence-corrected chi connectivity index (χ2v) is 10.1. The quantitative estimate of drug-likeness (QED) is 0.613. The van der Waals surface area contributed by atoms with Crippen molar-refractivity contribution in [3.63, 3.8) is 0 Å². The van der Waals surface area contributed by atoms with Crippen LogP contribution in [0.15, 0.2) is 58.1 Å². The summed E-state index contributed by atoms with van der Waals surface area (Å²) in [5.41, 5.74) is 1.35. The zero-order valence-corrected chi connectivity index (χ0v) is 17.2. The maximum absolute atomic E-state index is 12.8. The zero-order valence-electron chi connectivity index (χ0n) is 15.7. The highest BCUT2D eigenvalue weighted by Crippen LogP contribution is 2.31. The van der Waals surface area contributed by atoms with Gasteiger partial charge in [0.1, 0.15) is 0 Å². The summed E-state index contributed by atoms with van der Waals surface area (Å²) < 4.78 is 31.2. The number of benzene rings is 1. The lowest BCUT2D eigenvalue weighted by molar-refractivity contribution is 0.0925. The molecule has 0 bridgehead atoms. The van der Waals surface area contributed by atoms with E-state index in [0.29, 0.717) is 23.3 Å². The van der Waals surface area contributed by atoms with Crippen molar-refractivity contribution in [2.75, 3.05) is 0 Å². The van der Waals surface area contributed by atoms with E-state index in [-0.39, 0.29) is 23.6 Å². The van der Waals surface area contributed by atoms with E-state index in [2.05, 4.69) is 10.3 Å². The number of halogens is 1. The predicted octanol–water partition coefficient (Wildman–Crippen LogP) is 4.08. The topological polar surface area (TPSA) is 89.3 Å². The Bertz CT molecular complexity index is 1090. The first-order chi connectivity index (χ1) is 13.9. The fourth-order valence-corrected chi connectivity index (χ4v) is 5.96. The first-order valence-corrected chi connectivity index (χ1v) is 11.5. The molecular formula is C21H21ClN2O4S. The maximum Gasteiger partial charge on any atom is 0.287 e. The molecule has 2 aromatic heterocycles. The van der Waals surface area contributed by atoms with Crippen LogP contribution in [0.2, 0.25) is 0 Å². The number of alkyl halides is 1. The molecule has 2 unspecified atom stereocenters. The third-order valence-electron chi connectivity index (χ3n) is 5.25. The smallest absolute Gasteiger partial charge is 0.287 e. The van der Waals surface area contributed by atoms with Crippen LogP contribution in [-0.2, 0) is 16.4 Å². The number of nitrogens with zero attached hydrogens (tertiary/aromatic N) is 1. The van der Waals surface area contributed by atoms with Gasteiger partial charge in [-0.2, -0.15) is 0 Å². The molecule has 0 saturated heterocycles. The van der Waals surface area contributed by atoms with E-state index in [1.165, 1.54) is 0 Å². The lowest BCUT2D eigenvalue weighted by atomic mass is 10.00. The second kappa shape index (κ2) is 8.16. The molecule has 1 aliphatic carbocycles. The number of carbonyl (C=O) groups is 1. The van der Waals surface area contributed by atoms with E-state index < -0.39 is 15.1 Å². The second-order valence-electron chi connectivity index (χ2n) is 7.28. The summed E-state index contributed by atoms with van der Waals surface area (Å²) in [5, 5.41) is 3.09. The highest BCUT2D eigenvalue weighted by molar-refractivity contribution is 7.92. The highest BCUT2D eigenvalue weighted by Gasteiger charge is 2.32. The standard InChI is InChI=1S/C21H21ClN2O4S/c22-16-2-1-3-18(11-16)29(26,27)17-6-4-14(5-7-17)12-24-21(25)19-10-15-8-9-23-13-20(15)28-19/h4-10,13,16,18H,1-3,11-12H2,(H,24,25). The first-order valence-electron chi connectivity index (χ1n) is 9.52. The van der Waals surface area contributed by atoms with Gasteiger partial charge in [0.15, 0.2) is 21.2 Å². The van der Waals surface area contributed by atoms with Crippen molar-refractivity contribution in [3.8, 4) is 0 Å². The van der Waals surface area contributed by atoms with Gasteiger partial charge in [-0.3, -0.25) is 9.78 Å². The van der Waals surface area contributed by atoms with E-state index >= 15 is 0 Å². The monoisotopic (exact) mass is 432 g/mol. The minimum absolute atomic E-state index is 0.0768. The minimum atomic E-state index is -3.39. The molecule has 29 heavy (non-hydrogen) atoms. The van der Waals surface area contributed by atoms with Gasteiger partial charge in [-0.05, 0) is 49.1 Å². The van der Waals surface area contributed by atoms with Gasteiger partial charge in [0.25, 0.3) is 5.91 Å². The van der Waals surface area contributed by atoms with Gasteiger partial charge in [-0.25, -0.2) is 8.42 Å². The number of rotatable bonds is 5. The van der Waals surface area contributed by atoms with Gasteiger partial charge in [0.2, 0.25) is 0 Å². The molecular weight excluding hydrogens is 412 g/mol. The SMILES string of the molecule is O=C(NCc1ccc(S(=O)(=O)C2CCCC(Cl)C2)cc1)c1cc2ccncc2o1. The van der Waals surface area contributed by atoms with Crippen molar-refractivity contribution < 1.29 is 17.6 Å². The van der Waals surface area contributed by atoms with Crippen LogP contribution in [0, 0.1) is 0 Å². The number of pyridine rings is 1. The Balaban J connectivity index is 1.41. The number of aromatic nitrogens is 1. The van der Waals surface area contributed by atoms with Gasteiger partial charge in [-0.15, -0.1) is 11.6 Å². The van der Waals surface area contributed by atoms with Crippen molar-refractivity contribution in [2.45, 2.75) is 47.8 Å². The first kappa shape index (κ1) is 19.9.